The summed E-state index contributed by atoms with van der Waals surface area (Å²) >= 11 is 1.27. The zero-order chi connectivity index (χ0) is 11.3. The number of rotatable bonds is 4. The number of hydrogen-bond donors (Lipinski definition) is 0. The van der Waals surface area contributed by atoms with E-state index in [0.717, 1.165) is 0 Å². The van der Waals surface area contributed by atoms with E-state index in [1.807, 2.05) is 13.8 Å². The van der Waals surface area contributed by atoms with Gasteiger partial charge in [-0.15, -0.1) is 11.3 Å². The minimum atomic E-state index is -0.540. The molecule has 0 bridgehead atoms. The van der Waals surface area contributed by atoms with Crippen LogP contribution in [0.5, 0.6) is 0 Å². The van der Waals surface area contributed by atoms with Crippen LogP contribution in [0.25, 0.3) is 0 Å². The fraction of sp³-hybridized carbons (Fsp3) is 0.455. The van der Waals surface area contributed by atoms with E-state index >= 15 is 0 Å². The summed E-state index contributed by atoms with van der Waals surface area (Å²) in [5.41, 5.74) is 0. The summed E-state index contributed by atoms with van der Waals surface area (Å²) < 4.78 is 4.77. The van der Waals surface area contributed by atoms with Crippen molar-refractivity contribution in [1.29, 1.82) is 0 Å². The molecule has 0 aromatic carbocycles. The quantitative estimate of drug-likeness (QED) is 0.585. The Labute approximate surface area is 93.1 Å². The third-order valence-corrected chi connectivity index (χ3v) is 3.08. The molecule has 0 atom stereocenters. The number of thiophene rings is 1. The lowest BCUT2D eigenvalue weighted by atomic mass is 10.0. The van der Waals surface area contributed by atoms with Crippen LogP contribution in [0.3, 0.4) is 0 Å². The third kappa shape index (κ3) is 3.16. The van der Waals surface area contributed by atoms with Crippen molar-refractivity contribution in [2.75, 3.05) is 0 Å². The maximum Gasteiger partial charge on any atom is 0.355 e. The van der Waals surface area contributed by atoms with Crippen molar-refractivity contribution in [2.24, 2.45) is 5.92 Å². The molecule has 0 amide bonds. The first-order valence-corrected chi connectivity index (χ1v) is 5.86. The van der Waals surface area contributed by atoms with Gasteiger partial charge < -0.3 is 4.74 Å². The minimum absolute atomic E-state index is 0.172. The van der Waals surface area contributed by atoms with Gasteiger partial charge in [0.1, 0.15) is 4.88 Å². The highest BCUT2D eigenvalue weighted by Gasteiger charge is 2.20. The van der Waals surface area contributed by atoms with Gasteiger partial charge in [-0.05, 0) is 24.3 Å². The lowest BCUT2D eigenvalue weighted by Crippen LogP contribution is -2.19. The highest BCUT2D eigenvalue weighted by molar-refractivity contribution is 7.12. The number of carbonyl (C=O) groups excluding carboxylic acids is 2. The Morgan fingerprint density at radius 3 is 2.53 bits per heavy atom. The molecule has 0 saturated heterocycles. The molecule has 0 spiro atoms. The molecule has 1 aromatic rings. The molecule has 0 N–H and O–H groups in total. The summed E-state index contributed by atoms with van der Waals surface area (Å²) in [5.74, 6) is -1.13. The number of esters is 2. The van der Waals surface area contributed by atoms with Crippen LogP contribution in [0.15, 0.2) is 17.5 Å². The van der Waals surface area contributed by atoms with Gasteiger partial charge >= 0.3 is 11.9 Å². The molecule has 4 heteroatoms. The van der Waals surface area contributed by atoms with Gasteiger partial charge in [-0.25, -0.2) is 4.79 Å². The number of ether oxygens (including phenoxy) is 1. The first-order chi connectivity index (χ1) is 7.19. The summed E-state index contributed by atoms with van der Waals surface area (Å²) in [7, 11) is 0. The molecule has 0 unspecified atom stereocenters. The van der Waals surface area contributed by atoms with Crippen molar-refractivity contribution in [2.45, 2.75) is 26.7 Å². The van der Waals surface area contributed by atoms with Gasteiger partial charge in [0.2, 0.25) is 0 Å². The predicted octanol–water partition coefficient (Wildman–Crippen LogP) is 2.87. The van der Waals surface area contributed by atoms with Crippen LogP contribution in [-0.2, 0) is 9.53 Å². The smallest absolute Gasteiger partial charge is 0.355 e. The third-order valence-electron chi connectivity index (χ3n) is 2.23. The summed E-state index contributed by atoms with van der Waals surface area (Å²) in [5, 5.41) is 1.78. The van der Waals surface area contributed by atoms with E-state index in [2.05, 4.69) is 0 Å². The van der Waals surface area contributed by atoms with Crippen LogP contribution in [0.2, 0.25) is 0 Å². The van der Waals surface area contributed by atoms with Gasteiger partial charge in [-0.3, -0.25) is 4.79 Å². The van der Waals surface area contributed by atoms with Crippen molar-refractivity contribution in [3.8, 4) is 0 Å². The maximum atomic E-state index is 11.5. The zero-order valence-electron chi connectivity index (χ0n) is 8.86. The van der Waals surface area contributed by atoms with Crippen molar-refractivity contribution in [1.82, 2.24) is 0 Å². The SMILES string of the molecule is CCC(CC)C(=O)OC(=O)c1cccs1. The van der Waals surface area contributed by atoms with Crippen molar-refractivity contribution < 1.29 is 14.3 Å². The lowest BCUT2D eigenvalue weighted by molar-refractivity contribution is -0.142. The minimum Gasteiger partial charge on any atom is -0.389 e. The van der Waals surface area contributed by atoms with Gasteiger partial charge in [-0.2, -0.15) is 0 Å². The molecule has 1 rings (SSSR count). The Morgan fingerprint density at radius 2 is 2.07 bits per heavy atom. The van der Waals surface area contributed by atoms with Crippen molar-refractivity contribution in [3.63, 3.8) is 0 Å². The fourth-order valence-corrected chi connectivity index (χ4v) is 1.84. The predicted molar refractivity (Wildman–Crippen MR) is 58.8 cm³/mol. The van der Waals surface area contributed by atoms with Crippen LogP contribution >= 0.6 is 11.3 Å². The molecule has 1 heterocycles. The molecular formula is C11H14O3S. The van der Waals surface area contributed by atoms with E-state index in [1.54, 1.807) is 17.5 Å². The molecule has 3 nitrogen and oxygen atoms in total. The van der Waals surface area contributed by atoms with Gasteiger partial charge in [0.25, 0.3) is 0 Å². The Kier molecular flexibility index (Phi) is 4.49. The van der Waals surface area contributed by atoms with Crippen LogP contribution in [-0.4, -0.2) is 11.9 Å². The van der Waals surface area contributed by atoms with Crippen LogP contribution < -0.4 is 0 Å². The molecule has 15 heavy (non-hydrogen) atoms. The average molecular weight is 226 g/mol. The monoisotopic (exact) mass is 226 g/mol. The first-order valence-electron chi connectivity index (χ1n) is 4.98. The average Bonchev–Trinajstić information content (AvgIpc) is 2.72. The normalized spacial score (nSPS) is 10.3. The summed E-state index contributed by atoms with van der Waals surface area (Å²) in [6.07, 6.45) is 1.40. The van der Waals surface area contributed by atoms with Crippen molar-refractivity contribution in [3.05, 3.63) is 22.4 Å². The summed E-state index contributed by atoms with van der Waals surface area (Å²) in [6.45, 7) is 3.82. The van der Waals surface area contributed by atoms with E-state index < -0.39 is 11.9 Å². The molecule has 0 fully saturated rings. The van der Waals surface area contributed by atoms with E-state index in [9.17, 15) is 9.59 Å². The highest BCUT2D eigenvalue weighted by Crippen LogP contribution is 2.14. The van der Waals surface area contributed by atoms with Gasteiger partial charge in [-0.1, -0.05) is 19.9 Å². The molecule has 0 aliphatic rings. The van der Waals surface area contributed by atoms with Gasteiger partial charge in [0.05, 0.1) is 5.92 Å². The van der Waals surface area contributed by atoms with E-state index in [-0.39, 0.29) is 5.92 Å². The lowest BCUT2D eigenvalue weighted by Gasteiger charge is -2.09. The molecule has 0 aliphatic heterocycles. The Morgan fingerprint density at radius 1 is 1.40 bits per heavy atom. The standard InChI is InChI=1S/C11H14O3S/c1-3-8(4-2)10(12)14-11(13)9-6-5-7-15-9/h5-8H,3-4H2,1-2H3. The van der Waals surface area contributed by atoms with Crippen LogP contribution in [0, 0.1) is 5.92 Å². The Balaban J connectivity index is 2.55. The second kappa shape index (κ2) is 5.66. The topological polar surface area (TPSA) is 43.4 Å². The first kappa shape index (κ1) is 11.9. The second-order valence-electron chi connectivity index (χ2n) is 3.20. The number of hydrogen-bond acceptors (Lipinski definition) is 4. The molecule has 0 radical (unpaired) electrons. The van der Waals surface area contributed by atoms with Gasteiger partial charge in [0, 0.05) is 0 Å². The maximum absolute atomic E-state index is 11.5. The van der Waals surface area contributed by atoms with E-state index in [0.29, 0.717) is 17.7 Å². The largest absolute Gasteiger partial charge is 0.389 e. The molecule has 1 aromatic heterocycles. The second-order valence-corrected chi connectivity index (χ2v) is 4.15. The van der Waals surface area contributed by atoms with Crippen molar-refractivity contribution >= 4 is 23.3 Å². The van der Waals surface area contributed by atoms with Crippen LogP contribution in [0.1, 0.15) is 36.4 Å². The van der Waals surface area contributed by atoms with Crippen LogP contribution in [0.4, 0.5) is 0 Å². The molecule has 0 aliphatic carbocycles. The van der Waals surface area contributed by atoms with E-state index in [1.165, 1.54) is 11.3 Å². The Hall–Kier alpha value is -1.16. The molecular weight excluding hydrogens is 212 g/mol. The van der Waals surface area contributed by atoms with Gasteiger partial charge in [0.15, 0.2) is 0 Å². The number of carbonyl (C=O) groups is 2. The molecule has 0 saturated carbocycles. The van der Waals surface area contributed by atoms with E-state index in [4.69, 9.17) is 4.74 Å². The summed E-state index contributed by atoms with van der Waals surface area (Å²) in [4.78, 5) is 23.4. The Bertz CT molecular complexity index is 326. The highest BCUT2D eigenvalue weighted by atomic mass is 32.1. The molecule has 82 valence electrons. The zero-order valence-corrected chi connectivity index (χ0v) is 9.67. The fourth-order valence-electron chi connectivity index (χ4n) is 1.24. The summed E-state index contributed by atoms with van der Waals surface area (Å²) in [6, 6.07) is 3.40.